The lowest BCUT2D eigenvalue weighted by Gasteiger charge is -2.35. The Bertz CT molecular complexity index is 960. The lowest BCUT2D eigenvalue weighted by molar-refractivity contribution is -0.0586. The summed E-state index contributed by atoms with van der Waals surface area (Å²) in [5.41, 5.74) is 3.08. The van der Waals surface area contributed by atoms with Gasteiger partial charge in [0.25, 0.3) is 15.9 Å². The molecule has 0 bridgehead atoms. The van der Waals surface area contributed by atoms with Crippen molar-refractivity contribution in [2.24, 2.45) is 0 Å². The molecule has 150 valence electrons. The number of nitrogens with one attached hydrogen (secondary N) is 1. The van der Waals surface area contributed by atoms with Crippen molar-refractivity contribution in [2.75, 3.05) is 17.8 Å². The Kier molecular flexibility index (Phi) is 5.76. The van der Waals surface area contributed by atoms with Gasteiger partial charge >= 0.3 is 0 Å². The number of aryl methyl sites for hydroxylation is 2. The van der Waals surface area contributed by atoms with Crippen LogP contribution < -0.4 is 4.72 Å². The number of carbonyl (C=O) groups excluding carboxylic acids is 1. The average molecular weight is 403 g/mol. The Morgan fingerprint density at radius 2 is 1.61 bits per heavy atom. The van der Waals surface area contributed by atoms with E-state index < -0.39 is 10.0 Å². The number of amides is 1. The molecule has 3 rings (SSSR count). The van der Waals surface area contributed by atoms with E-state index in [1.54, 1.807) is 29.2 Å². The Morgan fingerprint density at radius 3 is 2.18 bits per heavy atom. The molecule has 0 aromatic heterocycles. The first-order chi connectivity index (χ1) is 13.2. The summed E-state index contributed by atoms with van der Waals surface area (Å²) in [4.78, 5) is 14.6. The molecule has 7 heteroatoms. The molecule has 1 aliphatic rings. The molecule has 0 spiro atoms. The third kappa shape index (κ3) is 4.54. The van der Waals surface area contributed by atoms with Gasteiger partial charge in [-0.1, -0.05) is 6.07 Å². The second-order valence-corrected chi connectivity index (χ2v) is 9.08. The Morgan fingerprint density at radius 1 is 1.00 bits per heavy atom. The van der Waals surface area contributed by atoms with Crippen molar-refractivity contribution in [1.82, 2.24) is 4.90 Å². The lowest BCUT2D eigenvalue weighted by Crippen LogP contribution is -2.48. The number of anilines is 1. The van der Waals surface area contributed by atoms with E-state index in [-0.39, 0.29) is 23.0 Å². The van der Waals surface area contributed by atoms with Gasteiger partial charge in [0.2, 0.25) is 0 Å². The highest BCUT2D eigenvalue weighted by Gasteiger charge is 2.27. The molecule has 1 aliphatic heterocycles. The molecule has 2 aromatic carbocycles. The van der Waals surface area contributed by atoms with Crippen LogP contribution in [0.3, 0.4) is 0 Å². The summed E-state index contributed by atoms with van der Waals surface area (Å²) in [6, 6.07) is 11.4. The Hall–Kier alpha value is -2.38. The van der Waals surface area contributed by atoms with E-state index in [1.807, 2.05) is 33.8 Å². The van der Waals surface area contributed by atoms with Gasteiger partial charge in [0, 0.05) is 24.3 Å². The molecular weight excluding hydrogens is 376 g/mol. The monoisotopic (exact) mass is 402 g/mol. The largest absolute Gasteiger partial charge is 0.372 e. The zero-order valence-corrected chi connectivity index (χ0v) is 17.4. The molecule has 0 aliphatic carbocycles. The highest BCUT2D eigenvalue weighted by Crippen LogP contribution is 2.20. The number of hydrogen-bond acceptors (Lipinski definition) is 4. The molecule has 1 heterocycles. The van der Waals surface area contributed by atoms with Gasteiger partial charge < -0.3 is 9.64 Å². The molecule has 1 N–H and O–H groups in total. The summed E-state index contributed by atoms with van der Waals surface area (Å²) in [6.07, 6.45) is -0.0379. The predicted octanol–water partition coefficient (Wildman–Crippen LogP) is 3.35. The van der Waals surface area contributed by atoms with E-state index in [9.17, 15) is 13.2 Å². The van der Waals surface area contributed by atoms with E-state index in [0.29, 0.717) is 24.3 Å². The zero-order valence-electron chi connectivity index (χ0n) is 16.6. The number of benzene rings is 2. The number of morpholine rings is 1. The molecule has 0 radical (unpaired) electrons. The van der Waals surface area contributed by atoms with Crippen LogP contribution in [0.4, 0.5) is 5.69 Å². The minimum atomic E-state index is -3.72. The third-order valence-electron chi connectivity index (χ3n) is 4.88. The van der Waals surface area contributed by atoms with E-state index in [2.05, 4.69) is 4.72 Å². The van der Waals surface area contributed by atoms with Gasteiger partial charge in [-0.15, -0.1) is 0 Å². The Labute approximate surface area is 166 Å². The maximum Gasteiger partial charge on any atom is 0.261 e. The number of carbonyl (C=O) groups is 1. The number of nitrogens with zero attached hydrogens (tertiary/aromatic N) is 1. The van der Waals surface area contributed by atoms with Gasteiger partial charge in [-0.3, -0.25) is 9.52 Å². The summed E-state index contributed by atoms with van der Waals surface area (Å²) >= 11 is 0. The molecule has 0 saturated carbocycles. The molecule has 6 nitrogen and oxygen atoms in total. The van der Waals surface area contributed by atoms with Crippen LogP contribution >= 0.6 is 0 Å². The van der Waals surface area contributed by atoms with Crippen molar-refractivity contribution in [3.8, 4) is 0 Å². The highest BCUT2D eigenvalue weighted by molar-refractivity contribution is 7.92. The number of hydrogen-bond donors (Lipinski definition) is 1. The fourth-order valence-electron chi connectivity index (χ4n) is 3.32. The number of ether oxygens (including phenoxy) is 1. The van der Waals surface area contributed by atoms with E-state index >= 15 is 0 Å². The maximum absolute atomic E-state index is 12.7. The van der Waals surface area contributed by atoms with Crippen LogP contribution in [0, 0.1) is 13.8 Å². The van der Waals surface area contributed by atoms with E-state index in [4.69, 9.17) is 4.74 Å². The van der Waals surface area contributed by atoms with Gasteiger partial charge in [-0.25, -0.2) is 8.42 Å². The van der Waals surface area contributed by atoms with Crippen LogP contribution in [-0.2, 0) is 14.8 Å². The van der Waals surface area contributed by atoms with Crippen molar-refractivity contribution in [3.05, 3.63) is 59.2 Å². The van der Waals surface area contributed by atoms with Crippen LogP contribution in [0.2, 0.25) is 0 Å². The normalized spacial score (nSPS) is 20.1. The average Bonchev–Trinajstić information content (AvgIpc) is 2.63. The summed E-state index contributed by atoms with van der Waals surface area (Å²) in [5, 5.41) is 0. The quantitative estimate of drug-likeness (QED) is 0.851. The van der Waals surface area contributed by atoms with Crippen LogP contribution in [0.5, 0.6) is 0 Å². The van der Waals surface area contributed by atoms with Gasteiger partial charge in [-0.05, 0) is 75.2 Å². The summed E-state index contributed by atoms with van der Waals surface area (Å²) in [5.74, 6) is -0.118. The SMILES string of the molecule is Cc1ccc(NS(=O)(=O)c2ccc(C(=O)N3C[C@@H](C)O[C@@H](C)C3)cc2)cc1C. The van der Waals surface area contributed by atoms with Gasteiger partial charge in [0.1, 0.15) is 0 Å². The molecule has 1 saturated heterocycles. The van der Waals surface area contributed by atoms with Crippen LogP contribution in [0.15, 0.2) is 47.4 Å². The molecule has 1 amide bonds. The van der Waals surface area contributed by atoms with Gasteiger partial charge in [0.05, 0.1) is 17.1 Å². The first-order valence-corrected chi connectivity index (χ1v) is 10.8. The molecule has 2 atom stereocenters. The smallest absolute Gasteiger partial charge is 0.261 e. The second kappa shape index (κ2) is 7.93. The van der Waals surface area contributed by atoms with Crippen molar-refractivity contribution in [3.63, 3.8) is 0 Å². The minimum absolute atomic E-state index is 0.0190. The fraction of sp³-hybridized carbons (Fsp3) is 0.381. The molecule has 1 fully saturated rings. The van der Waals surface area contributed by atoms with E-state index in [1.165, 1.54) is 12.1 Å². The molecule has 2 aromatic rings. The number of sulfonamides is 1. The third-order valence-corrected chi connectivity index (χ3v) is 6.27. The predicted molar refractivity (Wildman–Crippen MR) is 109 cm³/mol. The molecule has 28 heavy (non-hydrogen) atoms. The first-order valence-electron chi connectivity index (χ1n) is 9.30. The van der Waals surface area contributed by atoms with Crippen molar-refractivity contribution in [2.45, 2.75) is 44.8 Å². The summed E-state index contributed by atoms with van der Waals surface area (Å²) in [7, 11) is -3.72. The molecular formula is C21H26N2O4S. The first kappa shape index (κ1) is 20.4. The molecule has 0 unspecified atom stereocenters. The maximum atomic E-state index is 12.7. The van der Waals surface area contributed by atoms with E-state index in [0.717, 1.165) is 11.1 Å². The number of rotatable bonds is 4. The zero-order chi connectivity index (χ0) is 20.5. The fourth-order valence-corrected chi connectivity index (χ4v) is 4.37. The highest BCUT2D eigenvalue weighted by atomic mass is 32.2. The van der Waals surface area contributed by atoms with Crippen molar-refractivity contribution < 1.29 is 17.9 Å². The van der Waals surface area contributed by atoms with Crippen molar-refractivity contribution in [1.29, 1.82) is 0 Å². The van der Waals surface area contributed by atoms with Gasteiger partial charge in [0.15, 0.2) is 0 Å². The summed E-state index contributed by atoms with van der Waals surface area (Å²) < 4.78 is 33.5. The standard InChI is InChI=1S/C21H26N2O4S/c1-14-5-8-19(11-15(14)2)22-28(25,26)20-9-6-18(7-10-20)21(24)23-12-16(3)27-17(4)13-23/h5-11,16-17,22H,12-13H2,1-4H3/t16-,17+. The van der Waals surface area contributed by atoms with Crippen LogP contribution in [0.25, 0.3) is 0 Å². The summed E-state index contributed by atoms with van der Waals surface area (Å²) in [6.45, 7) is 8.82. The Balaban J connectivity index is 1.75. The topological polar surface area (TPSA) is 75.7 Å². The minimum Gasteiger partial charge on any atom is -0.372 e. The van der Waals surface area contributed by atoms with Crippen LogP contribution in [-0.4, -0.2) is 44.5 Å². The van der Waals surface area contributed by atoms with Crippen molar-refractivity contribution >= 4 is 21.6 Å². The lowest BCUT2D eigenvalue weighted by atomic mass is 10.1. The second-order valence-electron chi connectivity index (χ2n) is 7.40. The van der Waals surface area contributed by atoms with Gasteiger partial charge in [-0.2, -0.15) is 0 Å². The van der Waals surface area contributed by atoms with Crippen LogP contribution in [0.1, 0.15) is 35.3 Å².